The van der Waals surface area contributed by atoms with Crippen molar-refractivity contribution in [1.82, 2.24) is 10.6 Å². The molecule has 3 N–H and O–H groups in total. The summed E-state index contributed by atoms with van der Waals surface area (Å²) in [6.07, 6.45) is -0.768. The predicted molar refractivity (Wildman–Crippen MR) is 128 cm³/mol. The van der Waals surface area contributed by atoms with Crippen molar-refractivity contribution in [3.05, 3.63) is 59.7 Å². The van der Waals surface area contributed by atoms with Crippen molar-refractivity contribution in [3.63, 3.8) is 0 Å². The molecule has 0 heterocycles. The number of alkyl carbamates (subject to hydrolysis) is 1. The van der Waals surface area contributed by atoms with Gasteiger partial charge < -0.3 is 25.2 Å². The van der Waals surface area contributed by atoms with Crippen LogP contribution in [0.4, 0.5) is 4.79 Å². The number of benzene rings is 2. The minimum absolute atomic E-state index is 0.101. The summed E-state index contributed by atoms with van der Waals surface area (Å²) in [6.45, 7) is 5.32. The zero-order chi connectivity index (χ0) is 24.9. The Balaban J connectivity index is 1.68. The maximum atomic E-state index is 12.8. The molecule has 0 spiro atoms. The first-order chi connectivity index (χ1) is 16.1. The fourth-order valence-corrected chi connectivity index (χ4v) is 4.22. The molecule has 2 atom stereocenters. The van der Waals surface area contributed by atoms with Crippen LogP contribution in [0.15, 0.2) is 48.5 Å². The van der Waals surface area contributed by atoms with Crippen molar-refractivity contribution < 1.29 is 29.0 Å². The van der Waals surface area contributed by atoms with Crippen LogP contribution in [0.3, 0.4) is 0 Å². The summed E-state index contributed by atoms with van der Waals surface area (Å²) in [6, 6.07) is 14.5. The van der Waals surface area contributed by atoms with Gasteiger partial charge >= 0.3 is 12.1 Å². The topological polar surface area (TPSA) is 114 Å². The van der Waals surface area contributed by atoms with E-state index < -0.39 is 35.7 Å². The van der Waals surface area contributed by atoms with Gasteiger partial charge in [0.25, 0.3) is 0 Å². The number of fused-ring (bicyclic) bond motifs is 3. The van der Waals surface area contributed by atoms with Gasteiger partial charge in [-0.25, -0.2) is 4.79 Å². The van der Waals surface area contributed by atoms with E-state index in [1.165, 1.54) is 7.11 Å². The molecular weight excluding hydrogens is 436 g/mol. The summed E-state index contributed by atoms with van der Waals surface area (Å²) in [4.78, 5) is 36.5. The largest absolute Gasteiger partial charge is 0.481 e. The number of ether oxygens (including phenoxy) is 2. The Morgan fingerprint density at radius 2 is 1.56 bits per heavy atom. The molecule has 1 aliphatic carbocycles. The molecule has 182 valence electrons. The number of amides is 2. The Morgan fingerprint density at radius 3 is 2.09 bits per heavy atom. The maximum Gasteiger partial charge on any atom is 0.407 e. The van der Waals surface area contributed by atoms with Crippen molar-refractivity contribution >= 4 is 18.0 Å². The number of carbonyl (C=O) groups excluding carboxylic acids is 2. The van der Waals surface area contributed by atoms with Gasteiger partial charge in [-0.2, -0.15) is 0 Å². The number of carbonyl (C=O) groups is 3. The van der Waals surface area contributed by atoms with Crippen LogP contribution in [0.1, 0.15) is 50.7 Å². The average Bonchev–Trinajstić information content (AvgIpc) is 3.10. The average molecular weight is 469 g/mol. The Kier molecular flexibility index (Phi) is 7.94. The normalized spacial score (nSPS) is 14.5. The first-order valence-corrected chi connectivity index (χ1v) is 11.3. The fourth-order valence-electron chi connectivity index (χ4n) is 4.22. The third kappa shape index (κ3) is 6.14. The lowest BCUT2D eigenvalue weighted by molar-refractivity contribution is -0.137. The second kappa shape index (κ2) is 10.7. The number of aliphatic carboxylic acids is 1. The number of hydrogen-bond acceptors (Lipinski definition) is 5. The Labute approximate surface area is 199 Å². The first-order valence-electron chi connectivity index (χ1n) is 11.3. The van der Waals surface area contributed by atoms with Crippen LogP contribution >= 0.6 is 0 Å². The number of hydrogen-bond donors (Lipinski definition) is 3. The first kappa shape index (κ1) is 25.2. The van der Waals surface area contributed by atoms with E-state index >= 15 is 0 Å². The summed E-state index contributed by atoms with van der Waals surface area (Å²) in [5.41, 5.74) is 3.73. The van der Waals surface area contributed by atoms with E-state index in [1.807, 2.05) is 36.4 Å². The molecule has 0 aromatic heterocycles. The molecule has 1 aliphatic rings. The van der Waals surface area contributed by atoms with Gasteiger partial charge in [0.05, 0.1) is 12.0 Å². The van der Waals surface area contributed by atoms with Gasteiger partial charge in [-0.3, -0.25) is 9.59 Å². The van der Waals surface area contributed by atoms with Crippen molar-refractivity contribution in [3.8, 4) is 11.1 Å². The van der Waals surface area contributed by atoms with Crippen molar-refractivity contribution in [2.75, 3.05) is 13.7 Å². The molecule has 2 aromatic carbocycles. The van der Waals surface area contributed by atoms with Crippen LogP contribution < -0.4 is 10.6 Å². The molecular formula is C26H32N2O6. The Morgan fingerprint density at radius 1 is 1.00 bits per heavy atom. The Hall–Kier alpha value is -3.39. The van der Waals surface area contributed by atoms with Gasteiger partial charge in [0.15, 0.2) is 0 Å². The lowest BCUT2D eigenvalue weighted by Crippen LogP contribution is -2.52. The van der Waals surface area contributed by atoms with Gasteiger partial charge in [-0.05, 0) is 43.0 Å². The molecule has 0 aliphatic heterocycles. The quantitative estimate of drug-likeness (QED) is 0.490. The monoisotopic (exact) mass is 468 g/mol. The highest BCUT2D eigenvalue weighted by molar-refractivity contribution is 5.86. The minimum atomic E-state index is -1.02. The molecule has 2 amide bonds. The zero-order valence-corrected chi connectivity index (χ0v) is 20.0. The molecule has 0 radical (unpaired) electrons. The predicted octanol–water partition coefficient (Wildman–Crippen LogP) is 3.69. The smallest absolute Gasteiger partial charge is 0.407 e. The number of rotatable bonds is 10. The van der Waals surface area contributed by atoms with Crippen LogP contribution in [0.5, 0.6) is 0 Å². The summed E-state index contributed by atoms with van der Waals surface area (Å²) >= 11 is 0. The lowest BCUT2D eigenvalue weighted by atomic mass is 9.97. The summed E-state index contributed by atoms with van der Waals surface area (Å²) in [7, 11) is 1.52. The van der Waals surface area contributed by atoms with E-state index in [9.17, 15) is 14.4 Å². The molecule has 2 aromatic rings. The van der Waals surface area contributed by atoms with Crippen molar-refractivity contribution in [1.29, 1.82) is 0 Å². The summed E-state index contributed by atoms with van der Waals surface area (Å²) in [5, 5.41) is 14.2. The van der Waals surface area contributed by atoms with Gasteiger partial charge in [-0.15, -0.1) is 0 Å². The third-order valence-electron chi connectivity index (χ3n) is 6.07. The Bertz CT molecular complexity index is 1010. The molecule has 34 heavy (non-hydrogen) atoms. The van der Waals surface area contributed by atoms with E-state index in [4.69, 9.17) is 14.6 Å². The highest BCUT2D eigenvalue weighted by Crippen LogP contribution is 2.44. The van der Waals surface area contributed by atoms with Crippen LogP contribution in [0.25, 0.3) is 11.1 Å². The third-order valence-corrected chi connectivity index (χ3v) is 6.07. The number of methoxy groups -OCH3 is 1. The highest BCUT2D eigenvalue weighted by atomic mass is 16.5. The lowest BCUT2D eigenvalue weighted by Gasteiger charge is -2.29. The van der Waals surface area contributed by atoms with E-state index in [0.29, 0.717) is 0 Å². The SMILES string of the molecule is COC(C)(C)CC(NC(=O)OCC1c2ccccc2-c2ccccc21)C(=O)N[C@@H](C)CC(=O)O. The van der Waals surface area contributed by atoms with Gasteiger partial charge in [0.2, 0.25) is 5.91 Å². The molecule has 0 fully saturated rings. The molecule has 0 bridgehead atoms. The molecule has 1 unspecified atom stereocenters. The van der Waals surface area contributed by atoms with E-state index in [0.717, 1.165) is 22.3 Å². The van der Waals surface area contributed by atoms with Gasteiger partial charge in [0.1, 0.15) is 12.6 Å². The second-order valence-corrected chi connectivity index (χ2v) is 9.20. The fraction of sp³-hybridized carbons (Fsp3) is 0.423. The second-order valence-electron chi connectivity index (χ2n) is 9.20. The van der Waals surface area contributed by atoms with Crippen LogP contribution in [-0.2, 0) is 19.1 Å². The molecule has 0 saturated heterocycles. The van der Waals surface area contributed by atoms with Crippen LogP contribution in [-0.4, -0.2) is 54.5 Å². The van der Waals surface area contributed by atoms with E-state index in [2.05, 4.69) is 22.8 Å². The highest BCUT2D eigenvalue weighted by Gasteiger charge is 2.32. The van der Waals surface area contributed by atoms with Gasteiger partial charge in [0, 0.05) is 25.5 Å². The molecule has 8 heteroatoms. The standard InChI is InChI=1S/C26H32N2O6/c1-16(13-23(29)30)27-24(31)22(14-26(2,3)33-4)28-25(32)34-15-21-19-11-7-5-9-17(19)18-10-6-8-12-20(18)21/h5-12,16,21-22H,13-15H2,1-4H3,(H,27,31)(H,28,32)(H,29,30)/t16-,22?/m0/s1. The zero-order valence-electron chi connectivity index (χ0n) is 20.0. The number of carboxylic acids is 1. The molecule has 8 nitrogen and oxygen atoms in total. The van der Waals surface area contributed by atoms with Crippen LogP contribution in [0, 0.1) is 0 Å². The van der Waals surface area contributed by atoms with Gasteiger partial charge in [-0.1, -0.05) is 48.5 Å². The number of nitrogens with one attached hydrogen (secondary N) is 2. The van der Waals surface area contributed by atoms with E-state index in [1.54, 1.807) is 20.8 Å². The molecule has 3 rings (SSSR count). The summed E-state index contributed by atoms with van der Waals surface area (Å²) in [5.74, 6) is -1.62. The summed E-state index contributed by atoms with van der Waals surface area (Å²) < 4.78 is 11.0. The van der Waals surface area contributed by atoms with Crippen molar-refractivity contribution in [2.45, 2.75) is 57.2 Å². The minimum Gasteiger partial charge on any atom is -0.481 e. The number of carboxylic acid groups (broad SMARTS) is 1. The maximum absolute atomic E-state index is 12.8. The van der Waals surface area contributed by atoms with E-state index in [-0.39, 0.29) is 25.4 Å². The van der Waals surface area contributed by atoms with Crippen LogP contribution in [0.2, 0.25) is 0 Å². The molecule has 0 saturated carbocycles. The van der Waals surface area contributed by atoms with Crippen molar-refractivity contribution in [2.24, 2.45) is 0 Å².